The number of hydrogen-bond donors (Lipinski definition) is 1. The maximum atomic E-state index is 9.53. The van der Waals surface area contributed by atoms with Gasteiger partial charge in [-0.05, 0) is 48.7 Å². The van der Waals surface area contributed by atoms with E-state index < -0.39 is 0 Å². The lowest BCUT2D eigenvalue weighted by molar-refractivity contribution is 0.0454. The maximum Gasteiger partial charge on any atom is 0.137 e. The minimum Gasteiger partial charge on any atom is -0.495 e. The van der Waals surface area contributed by atoms with Crippen molar-refractivity contribution in [1.82, 2.24) is 4.98 Å². The van der Waals surface area contributed by atoms with E-state index in [0.717, 1.165) is 39.7 Å². The highest BCUT2D eigenvalue weighted by atomic mass is 35.5. The van der Waals surface area contributed by atoms with Crippen molar-refractivity contribution in [3.63, 3.8) is 0 Å². The molecule has 1 N–H and O–H groups in total. The Balaban J connectivity index is 1.95. The van der Waals surface area contributed by atoms with Gasteiger partial charge in [-0.3, -0.25) is 4.98 Å². The van der Waals surface area contributed by atoms with Crippen molar-refractivity contribution in [1.29, 1.82) is 5.26 Å². The molecule has 0 amide bonds. The Bertz CT molecular complexity index is 1110. The average molecular weight is 454 g/mol. The van der Waals surface area contributed by atoms with E-state index in [2.05, 4.69) is 18.3 Å². The molecule has 0 aliphatic heterocycles. The van der Waals surface area contributed by atoms with Crippen LogP contribution in [0.4, 0.5) is 5.69 Å². The normalized spacial score (nSPS) is 10.8. The zero-order valence-corrected chi connectivity index (χ0v) is 19.5. The highest BCUT2D eigenvalue weighted by Crippen LogP contribution is 2.31. The molecule has 0 saturated carbocycles. The largest absolute Gasteiger partial charge is 0.495 e. The number of aryl methyl sites for hydroxylation is 1. The fourth-order valence-electron chi connectivity index (χ4n) is 3.52. The maximum absolute atomic E-state index is 9.53. The predicted molar refractivity (Wildman–Crippen MR) is 127 cm³/mol. The van der Waals surface area contributed by atoms with Crippen molar-refractivity contribution in [2.75, 3.05) is 32.2 Å². The first-order valence-electron chi connectivity index (χ1n) is 10.7. The Morgan fingerprint density at radius 2 is 1.91 bits per heavy atom. The van der Waals surface area contributed by atoms with E-state index in [-0.39, 0.29) is 0 Å². The zero-order chi connectivity index (χ0) is 22.9. The van der Waals surface area contributed by atoms with E-state index >= 15 is 0 Å². The molecule has 7 heteroatoms. The van der Waals surface area contributed by atoms with Gasteiger partial charge in [-0.2, -0.15) is 5.26 Å². The minimum absolute atomic E-state index is 0.389. The van der Waals surface area contributed by atoms with Gasteiger partial charge in [-0.15, -0.1) is 0 Å². The van der Waals surface area contributed by atoms with Crippen LogP contribution in [0.1, 0.15) is 36.1 Å². The first-order chi connectivity index (χ1) is 15.6. The van der Waals surface area contributed by atoms with Crippen LogP contribution in [0.2, 0.25) is 5.02 Å². The number of ether oxygens (including phenoxy) is 3. The molecule has 0 fully saturated rings. The molecule has 0 aliphatic carbocycles. The lowest BCUT2D eigenvalue weighted by atomic mass is 10.0. The van der Waals surface area contributed by atoms with Crippen molar-refractivity contribution < 1.29 is 14.2 Å². The molecule has 32 heavy (non-hydrogen) atoms. The van der Waals surface area contributed by atoms with Gasteiger partial charge in [0.2, 0.25) is 0 Å². The SMILES string of the molecule is CCOCCOCc1cnc2c(CC)cc(C#N)cc2c1NCc1ccc(OC)c(Cl)c1. The number of hydrogen-bond acceptors (Lipinski definition) is 6. The van der Waals surface area contributed by atoms with Crippen LogP contribution in [0.3, 0.4) is 0 Å². The minimum atomic E-state index is 0.389. The van der Waals surface area contributed by atoms with Crippen molar-refractivity contribution in [2.24, 2.45) is 0 Å². The van der Waals surface area contributed by atoms with E-state index in [4.69, 9.17) is 30.8 Å². The number of nitriles is 1. The van der Waals surface area contributed by atoms with Gasteiger partial charge in [0.05, 0.1) is 54.8 Å². The van der Waals surface area contributed by atoms with Crippen LogP contribution in [-0.2, 0) is 29.0 Å². The summed E-state index contributed by atoms with van der Waals surface area (Å²) >= 11 is 6.30. The van der Waals surface area contributed by atoms with E-state index in [9.17, 15) is 5.26 Å². The molecule has 0 radical (unpaired) electrons. The molecule has 2 aromatic carbocycles. The molecule has 1 heterocycles. The average Bonchev–Trinajstić information content (AvgIpc) is 2.82. The van der Waals surface area contributed by atoms with Crippen molar-refractivity contribution in [2.45, 2.75) is 33.4 Å². The summed E-state index contributed by atoms with van der Waals surface area (Å²) in [6.45, 7) is 6.66. The summed E-state index contributed by atoms with van der Waals surface area (Å²) in [6, 6.07) is 11.8. The second kappa shape index (κ2) is 11.7. The van der Waals surface area contributed by atoms with Crippen LogP contribution in [-0.4, -0.2) is 31.9 Å². The Labute approximate surface area is 194 Å². The van der Waals surface area contributed by atoms with Gasteiger partial charge in [0.25, 0.3) is 0 Å². The first-order valence-corrected chi connectivity index (χ1v) is 11.0. The molecule has 0 saturated heterocycles. The Morgan fingerprint density at radius 1 is 1.09 bits per heavy atom. The smallest absolute Gasteiger partial charge is 0.137 e. The number of halogens is 1. The summed E-state index contributed by atoms with van der Waals surface area (Å²) in [5.41, 5.74) is 5.38. The van der Waals surface area contributed by atoms with Crippen LogP contribution < -0.4 is 10.1 Å². The van der Waals surface area contributed by atoms with Crippen LogP contribution in [0.15, 0.2) is 36.5 Å². The third-order valence-electron chi connectivity index (χ3n) is 5.16. The van der Waals surface area contributed by atoms with Gasteiger partial charge in [0.1, 0.15) is 5.75 Å². The number of fused-ring (bicyclic) bond motifs is 1. The number of methoxy groups -OCH3 is 1. The lowest BCUT2D eigenvalue weighted by Gasteiger charge is -2.17. The van der Waals surface area contributed by atoms with Crippen LogP contribution >= 0.6 is 11.6 Å². The molecule has 3 rings (SSSR count). The number of rotatable bonds is 11. The summed E-state index contributed by atoms with van der Waals surface area (Å²) in [5, 5.41) is 14.5. The van der Waals surface area contributed by atoms with Gasteiger partial charge >= 0.3 is 0 Å². The predicted octanol–water partition coefficient (Wildman–Crippen LogP) is 5.50. The van der Waals surface area contributed by atoms with E-state index in [1.54, 1.807) is 7.11 Å². The molecule has 0 unspecified atom stereocenters. The third kappa shape index (κ3) is 5.68. The standard InChI is InChI=1S/C25H28ClN3O3/c1-4-19-10-18(13-27)11-21-24(19)29-15-20(16-32-9-8-31-5-2)25(21)28-14-17-6-7-23(30-3)22(26)12-17/h6-7,10-12,15H,4-5,8-9,14,16H2,1-3H3,(H,28,29). The summed E-state index contributed by atoms with van der Waals surface area (Å²) in [4.78, 5) is 4.70. The molecule has 1 aromatic heterocycles. The third-order valence-corrected chi connectivity index (χ3v) is 5.45. The lowest BCUT2D eigenvalue weighted by Crippen LogP contribution is -2.08. The highest BCUT2D eigenvalue weighted by Gasteiger charge is 2.14. The van der Waals surface area contributed by atoms with Crippen molar-refractivity contribution >= 4 is 28.2 Å². The highest BCUT2D eigenvalue weighted by molar-refractivity contribution is 6.32. The van der Waals surface area contributed by atoms with E-state index in [1.807, 2.05) is 43.5 Å². The summed E-state index contributed by atoms with van der Waals surface area (Å²) in [7, 11) is 1.60. The molecule has 168 valence electrons. The fraction of sp³-hybridized carbons (Fsp3) is 0.360. The summed E-state index contributed by atoms with van der Waals surface area (Å²) in [5.74, 6) is 0.638. The van der Waals surface area contributed by atoms with Gasteiger partial charge in [-0.1, -0.05) is 24.6 Å². The summed E-state index contributed by atoms with van der Waals surface area (Å²) in [6.07, 6.45) is 2.63. The number of benzene rings is 2. The van der Waals surface area contributed by atoms with Gasteiger partial charge in [0, 0.05) is 30.3 Å². The second-order valence-electron chi connectivity index (χ2n) is 7.23. The van der Waals surface area contributed by atoms with Gasteiger partial charge in [-0.25, -0.2) is 0 Å². The van der Waals surface area contributed by atoms with E-state index in [0.29, 0.717) is 49.3 Å². The number of anilines is 1. The van der Waals surface area contributed by atoms with Crippen molar-refractivity contribution in [3.8, 4) is 11.8 Å². The first kappa shape index (κ1) is 23.8. The fourth-order valence-corrected chi connectivity index (χ4v) is 3.80. The zero-order valence-electron chi connectivity index (χ0n) is 18.7. The molecule has 6 nitrogen and oxygen atoms in total. The van der Waals surface area contributed by atoms with Crippen LogP contribution in [0.25, 0.3) is 10.9 Å². The number of pyridine rings is 1. The summed E-state index contributed by atoms with van der Waals surface area (Å²) < 4.78 is 16.4. The topological polar surface area (TPSA) is 76.4 Å². The molecular formula is C25H28ClN3O3. The van der Waals surface area contributed by atoms with Gasteiger partial charge < -0.3 is 19.5 Å². The molecule has 3 aromatic rings. The number of aromatic nitrogens is 1. The Kier molecular flexibility index (Phi) is 8.69. The monoisotopic (exact) mass is 453 g/mol. The number of nitrogens with one attached hydrogen (secondary N) is 1. The van der Waals surface area contributed by atoms with Crippen LogP contribution in [0, 0.1) is 11.3 Å². The van der Waals surface area contributed by atoms with Crippen molar-refractivity contribution in [3.05, 3.63) is 63.8 Å². The molecule has 0 spiro atoms. The molecular weight excluding hydrogens is 426 g/mol. The van der Waals surface area contributed by atoms with E-state index in [1.165, 1.54) is 0 Å². The Morgan fingerprint density at radius 3 is 2.59 bits per heavy atom. The quantitative estimate of drug-likeness (QED) is 0.386. The molecule has 0 atom stereocenters. The molecule has 0 aliphatic rings. The van der Waals surface area contributed by atoms with Gasteiger partial charge in [0.15, 0.2) is 0 Å². The Hall–Kier alpha value is -2.85. The number of nitrogens with zero attached hydrogens (tertiary/aromatic N) is 2. The molecule has 0 bridgehead atoms. The second-order valence-corrected chi connectivity index (χ2v) is 7.63. The van der Waals surface area contributed by atoms with Crippen LogP contribution in [0.5, 0.6) is 5.75 Å².